The molecule has 0 atom stereocenters. The predicted molar refractivity (Wildman–Crippen MR) is 141 cm³/mol. The summed E-state index contributed by atoms with van der Waals surface area (Å²) in [4.78, 5) is 26.0. The van der Waals surface area contributed by atoms with E-state index < -0.39 is 15.6 Å². The van der Waals surface area contributed by atoms with Crippen molar-refractivity contribution in [1.82, 2.24) is 9.88 Å². The molecule has 0 aliphatic carbocycles. The van der Waals surface area contributed by atoms with Gasteiger partial charge in [-0.25, -0.2) is 8.42 Å². The zero-order chi connectivity index (χ0) is 25.5. The molecule has 4 aromatic rings. The molecule has 184 valence electrons. The normalized spacial score (nSPS) is 11.6. The first kappa shape index (κ1) is 24.7. The molecule has 1 heterocycles. The number of benzene rings is 3. The van der Waals surface area contributed by atoms with Crippen molar-refractivity contribution in [3.63, 3.8) is 0 Å². The summed E-state index contributed by atoms with van der Waals surface area (Å²) >= 11 is 0. The Labute approximate surface area is 208 Å². The van der Waals surface area contributed by atoms with Crippen molar-refractivity contribution in [2.24, 2.45) is 10.9 Å². The highest BCUT2D eigenvalue weighted by atomic mass is 32.2. The van der Waals surface area contributed by atoms with Crippen LogP contribution in [0.25, 0.3) is 10.9 Å². The second kappa shape index (κ2) is 10.9. The Morgan fingerprint density at radius 3 is 2.36 bits per heavy atom. The Kier molecular flexibility index (Phi) is 7.45. The van der Waals surface area contributed by atoms with E-state index in [2.05, 4.69) is 15.1 Å². The second-order valence-electron chi connectivity index (χ2n) is 8.15. The fourth-order valence-corrected chi connectivity index (χ4v) is 4.95. The number of hydrazone groups is 1. The number of hydrogen-bond donors (Lipinski definition) is 3. The standard InChI is InChI=1S/C26H25N5O4S/c27-29-16-20-12-10-19(11-13-20)15-28-25(32)17-31-24-9-5-4-8-22(24)14-23(26(31)33)30-36(34,35)18-21-6-2-1-3-7-21/h1-14,16,30H,15,17-18,27H2,(H,28,32). The number of pyridine rings is 1. The Balaban J connectivity index is 1.55. The van der Waals surface area contributed by atoms with E-state index in [1.54, 1.807) is 54.6 Å². The van der Waals surface area contributed by atoms with Crippen LogP contribution in [0.3, 0.4) is 0 Å². The molecule has 0 saturated heterocycles. The van der Waals surface area contributed by atoms with Crippen molar-refractivity contribution < 1.29 is 13.2 Å². The minimum Gasteiger partial charge on any atom is -0.350 e. The number of para-hydroxylation sites is 1. The van der Waals surface area contributed by atoms with E-state index >= 15 is 0 Å². The number of hydrogen-bond acceptors (Lipinski definition) is 6. The van der Waals surface area contributed by atoms with Crippen LogP contribution < -0.4 is 21.4 Å². The van der Waals surface area contributed by atoms with Crippen molar-refractivity contribution in [3.8, 4) is 0 Å². The summed E-state index contributed by atoms with van der Waals surface area (Å²) < 4.78 is 29.2. The van der Waals surface area contributed by atoms with E-state index in [-0.39, 0.29) is 30.4 Å². The zero-order valence-corrected chi connectivity index (χ0v) is 20.1. The summed E-state index contributed by atoms with van der Waals surface area (Å²) in [7, 11) is -3.86. The number of sulfonamides is 1. The lowest BCUT2D eigenvalue weighted by Gasteiger charge is -2.14. The monoisotopic (exact) mass is 503 g/mol. The maximum atomic E-state index is 13.3. The van der Waals surface area contributed by atoms with E-state index in [0.29, 0.717) is 16.5 Å². The van der Waals surface area contributed by atoms with Crippen molar-refractivity contribution in [2.75, 3.05) is 4.72 Å². The molecule has 0 saturated carbocycles. The van der Waals surface area contributed by atoms with Crippen LogP contribution in [0, 0.1) is 0 Å². The van der Waals surface area contributed by atoms with Crippen molar-refractivity contribution in [3.05, 3.63) is 112 Å². The smallest absolute Gasteiger partial charge is 0.275 e. The quantitative estimate of drug-likeness (QED) is 0.183. The van der Waals surface area contributed by atoms with E-state index in [4.69, 9.17) is 5.84 Å². The van der Waals surface area contributed by atoms with Gasteiger partial charge < -0.3 is 11.2 Å². The lowest BCUT2D eigenvalue weighted by atomic mass is 10.1. The Bertz CT molecular complexity index is 1560. The SMILES string of the molecule is NN=Cc1ccc(CNC(=O)Cn2c(=O)c(NS(=O)(=O)Cc3ccccc3)cc3ccccc32)cc1. The lowest BCUT2D eigenvalue weighted by molar-refractivity contribution is -0.121. The molecule has 10 heteroatoms. The number of carbonyl (C=O) groups is 1. The lowest BCUT2D eigenvalue weighted by Crippen LogP contribution is -2.33. The molecule has 0 aliphatic rings. The maximum absolute atomic E-state index is 13.3. The topological polar surface area (TPSA) is 136 Å². The maximum Gasteiger partial charge on any atom is 0.275 e. The number of nitrogens with one attached hydrogen (secondary N) is 2. The van der Waals surface area contributed by atoms with Crippen LogP contribution in [0.4, 0.5) is 5.69 Å². The average molecular weight is 504 g/mol. The van der Waals surface area contributed by atoms with Crippen LogP contribution in [0.5, 0.6) is 0 Å². The molecule has 4 rings (SSSR count). The third-order valence-electron chi connectivity index (χ3n) is 5.46. The van der Waals surface area contributed by atoms with Crippen molar-refractivity contribution in [1.29, 1.82) is 0 Å². The molecule has 36 heavy (non-hydrogen) atoms. The van der Waals surface area contributed by atoms with Gasteiger partial charge >= 0.3 is 0 Å². The highest BCUT2D eigenvalue weighted by molar-refractivity contribution is 7.91. The van der Waals surface area contributed by atoms with Gasteiger partial charge in [-0.1, -0.05) is 72.8 Å². The molecule has 0 radical (unpaired) electrons. The molecular formula is C26H25N5O4S. The number of nitrogens with zero attached hydrogens (tertiary/aromatic N) is 2. The molecule has 0 spiro atoms. The predicted octanol–water partition coefficient (Wildman–Crippen LogP) is 2.55. The molecule has 0 fully saturated rings. The van der Waals surface area contributed by atoms with E-state index in [9.17, 15) is 18.0 Å². The number of fused-ring (bicyclic) bond motifs is 1. The van der Waals surface area contributed by atoms with Crippen molar-refractivity contribution >= 4 is 38.7 Å². The first-order valence-corrected chi connectivity index (χ1v) is 12.8. The van der Waals surface area contributed by atoms with Gasteiger partial charge in [-0.2, -0.15) is 5.10 Å². The average Bonchev–Trinajstić information content (AvgIpc) is 2.86. The van der Waals surface area contributed by atoms with Crippen LogP contribution in [-0.2, 0) is 33.7 Å². The number of aromatic nitrogens is 1. The van der Waals surface area contributed by atoms with Gasteiger partial charge in [0.05, 0.1) is 17.5 Å². The largest absolute Gasteiger partial charge is 0.350 e. The molecule has 0 unspecified atom stereocenters. The summed E-state index contributed by atoms with van der Waals surface area (Å²) in [6, 6.07) is 24.5. The van der Waals surface area contributed by atoms with Crippen LogP contribution >= 0.6 is 0 Å². The van der Waals surface area contributed by atoms with Gasteiger partial charge in [-0.3, -0.25) is 18.9 Å². The van der Waals surface area contributed by atoms with Crippen molar-refractivity contribution in [2.45, 2.75) is 18.8 Å². The highest BCUT2D eigenvalue weighted by Crippen LogP contribution is 2.18. The number of rotatable bonds is 9. The van der Waals surface area contributed by atoms with Crippen LogP contribution in [0.15, 0.2) is 94.8 Å². The molecule has 9 nitrogen and oxygen atoms in total. The summed E-state index contributed by atoms with van der Waals surface area (Å²) in [6.45, 7) is -0.0134. The van der Waals surface area contributed by atoms with E-state index in [1.165, 1.54) is 16.8 Å². The molecule has 0 bridgehead atoms. The van der Waals surface area contributed by atoms with E-state index in [1.807, 2.05) is 24.3 Å². The molecule has 3 aromatic carbocycles. The van der Waals surface area contributed by atoms with Gasteiger partial charge in [0.25, 0.3) is 5.56 Å². The fourth-order valence-electron chi connectivity index (χ4n) is 3.76. The fraction of sp³-hybridized carbons (Fsp3) is 0.115. The minimum absolute atomic E-state index is 0.116. The summed E-state index contributed by atoms with van der Waals surface area (Å²) in [6.07, 6.45) is 1.51. The molecular weight excluding hydrogens is 478 g/mol. The highest BCUT2D eigenvalue weighted by Gasteiger charge is 2.18. The third kappa shape index (κ3) is 6.16. The molecule has 1 aromatic heterocycles. The molecule has 0 aliphatic heterocycles. The minimum atomic E-state index is -3.86. The number of anilines is 1. The number of amides is 1. The zero-order valence-electron chi connectivity index (χ0n) is 19.3. The number of nitrogens with two attached hydrogens (primary N) is 1. The first-order chi connectivity index (χ1) is 17.3. The summed E-state index contributed by atoms with van der Waals surface area (Å²) in [5, 5.41) is 6.89. The van der Waals surface area contributed by atoms with Gasteiger partial charge in [0.1, 0.15) is 12.2 Å². The van der Waals surface area contributed by atoms with Crippen LogP contribution in [0.1, 0.15) is 16.7 Å². The third-order valence-corrected chi connectivity index (χ3v) is 6.71. The van der Waals surface area contributed by atoms with Gasteiger partial charge in [0.2, 0.25) is 15.9 Å². The summed E-state index contributed by atoms with van der Waals surface area (Å²) in [5.74, 6) is 4.48. The Morgan fingerprint density at radius 1 is 0.944 bits per heavy atom. The molecule has 1 amide bonds. The Morgan fingerprint density at radius 2 is 1.64 bits per heavy atom. The first-order valence-electron chi connectivity index (χ1n) is 11.1. The van der Waals surface area contributed by atoms with Gasteiger partial charge in [0.15, 0.2) is 0 Å². The second-order valence-corrected chi connectivity index (χ2v) is 9.87. The Hall–Kier alpha value is -4.44. The van der Waals surface area contributed by atoms with Crippen LogP contribution in [0.2, 0.25) is 0 Å². The van der Waals surface area contributed by atoms with Gasteiger partial charge in [-0.05, 0) is 28.8 Å². The van der Waals surface area contributed by atoms with Gasteiger partial charge in [-0.15, -0.1) is 0 Å². The molecule has 4 N–H and O–H groups in total. The summed E-state index contributed by atoms with van der Waals surface area (Å²) in [5.41, 5.74) is 2.08. The van der Waals surface area contributed by atoms with Crippen LogP contribution in [-0.4, -0.2) is 25.1 Å². The number of carbonyl (C=O) groups excluding carboxylic acids is 1. The van der Waals surface area contributed by atoms with Gasteiger partial charge in [0, 0.05) is 11.9 Å². The van der Waals surface area contributed by atoms with E-state index in [0.717, 1.165) is 11.1 Å².